The molecule has 0 saturated heterocycles. The molecule has 4 unspecified atom stereocenters. The lowest BCUT2D eigenvalue weighted by atomic mass is 10.1. The first kappa shape index (κ1) is 21.4. The second kappa shape index (κ2) is 10.4. The lowest BCUT2D eigenvalue weighted by Crippen LogP contribution is -2.23. The number of benzene rings is 1. The second-order valence-electron chi connectivity index (χ2n) is 5.64. The quantitative estimate of drug-likeness (QED) is 0.386. The Bertz CT molecular complexity index is 398. The fourth-order valence-electron chi connectivity index (χ4n) is 2.31. The van der Waals surface area contributed by atoms with E-state index < -0.39 is 28.7 Å². The Morgan fingerprint density at radius 1 is 0.636 bits per heavy atom. The Morgan fingerprint density at radius 2 is 0.909 bits per heavy atom. The fraction of sp³-hybridized carbons (Fsp3) is 0.571. The molecular weight excluding hydrogens is 437 g/mol. The number of rotatable bonds is 8. The Labute approximate surface area is 167 Å². The van der Waals surface area contributed by atoms with Gasteiger partial charge in [-0.05, 0) is 22.2 Å². The van der Waals surface area contributed by atoms with Gasteiger partial charge in [0.2, 0.25) is 0 Å². The summed E-state index contributed by atoms with van der Waals surface area (Å²) >= 11 is 35.7. The van der Waals surface area contributed by atoms with Gasteiger partial charge in [-0.1, -0.05) is 38.1 Å². The molecule has 0 radical (unpaired) electrons. The van der Waals surface area contributed by atoms with Gasteiger partial charge >= 0.3 is 0 Å². The van der Waals surface area contributed by atoms with Crippen LogP contribution in [0.15, 0.2) is 24.3 Å². The van der Waals surface area contributed by atoms with Crippen LogP contribution in [-0.4, -0.2) is 38.7 Å². The van der Waals surface area contributed by atoms with Crippen molar-refractivity contribution in [3.8, 4) is 0 Å². The molecule has 126 valence electrons. The van der Waals surface area contributed by atoms with Crippen molar-refractivity contribution in [2.75, 3.05) is 0 Å². The second-order valence-corrected chi connectivity index (χ2v) is 15.3. The molecule has 8 heteroatoms. The Morgan fingerprint density at radius 3 is 1.14 bits per heavy atom. The maximum Gasteiger partial charge on any atom is 0.120 e. The van der Waals surface area contributed by atoms with E-state index in [1.54, 1.807) is 0 Å². The average molecular weight is 457 g/mol. The van der Waals surface area contributed by atoms with Crippen LogP contribution in [0, 0.1) is 0 Å². The minimum atomic E-state index is -0.592. The zero-order valence-electron chi connectivity index (χ0n) is 12.5. The number of halogens is 6. The molecule has 0 heterocycles. The van der Waals surface area contributed by atoms with E-state index in [-0.39, 0.29) is 10.0 Å². The maximum atomic E-state index is 6.19. The highest BCUT2D eigenvalue weighted by molar-refractivity contribution is 6.63. The molecule has 0 N–H and O–H groups in total. The van der Waals surface area contributed by atoms with Gasteiger partial charge in [-0.3, -0.25) is 0 Å². The molecular formula is C14H20Cl6Si2. The smallest absolute Gasteiger partial charge is 0.120 e. The zero-order valence-corrected chi connectivity index (χ0v) is 19.8. The molecule has 0 spiro atoms. The van der Waals surface area contributed by atoms with Gasteiger partial charge in [-0.15, -0.1) is 69.6 Å². The molecule has 0 nitrogen and oxygen atoms in total. The van der Waals surface area contributed by atoms with Gasteiger partial charge < -0.3 is 0 Å². The van der Waals surface area contributed by atoms with Gasteiger partial charge in [0, 0.05) is 0 Å². The molecule has 0 aliphatic heterocycles. The summed E-state index contributed by atoms with van der Waals surface area (Å²) in [6.07, 6.45) is 0. The predicted molar refractivity (Wildman–Crippen MR) is 111 cm³/mol. The monoisotopic (exact) mass is 454 g/mol. The Kier molecular flexibility index (Phi) is 10.1. The van der Waals surface area contributed by atoms with Crippen LogP contribution in [0.3, 0.4) is 0 Å². The Balaban J connectivity index is 2.66. The molecule has 1 aromatic carbocycles. The summed E-state index contributed by atoms with van der Waals surface area (Å²) in [6, 6.07) is 8.67. The first-order valence-corrected chi connectivity index (χ1v) is 13.0. The van der Waals surface area contributed by atoms with Crippen molar-refractivity contribution in [3.63, 3.8) is 0 Å². The lowest BCUT2D eigenvalue weighted by molar-refractivity contribution is 1.01. The molecule has 0 saturated carbocycles. The van der Waals surface area contributed by atoms with Crippen LogP contribution < -0.4 is 0 Å². The molecule has 4 atom stereocenters. The van der Waals surface area contributed by atoms with E-state index in [1.807, 2.05) is 0 Å². The molecule has 1 rings (SSSR count). The molecule has 0 bridgehead atoms. The SMILES string of the molecule is CC([SiH2]C(Cl)C(Cl)Cl)c1ccc(C(C)[SiH2]C(Cl)C(Cl)Cl)cc1. The third-order valence-corrected chi connectivity index (χ3v) is 12.5. The summed E-state index contributed by atoms with van der Waals surface area (Å²) in [5.41, 5.74) is 3.47. The van der Waals surface area contributed by atoms with E-state index in [0.29, 0.717) is 11.1 Å². The van der Waals surface area contributed by atoms with Crippen molar-refractivity contribution < 1.29 is 0 Å². The predicted octanol–water partition coefficient (Wildman–Crippen LogP) is 4.88. The minimum absolute atomic E-state index is 0.106. The van der Waals surface area contributed by atoms with Crippen molar-refractivity contribution in [2.24, 2.45) is 0 Å². The summed E-state index contributed by atoms with van der Waals surface area (Å²) in [5.74, 6) is 0. The van der Waals surface area contributed by atoms with Crippen molar-refractivity contribution >= 4 is 88.6 Å². The van der Waals surface area contributed by atoms with Gasteiger partial charge in [0.15, 0.2) is 0 Å². The number of alkyl halides is 6. The van der Waals surface area contributed by atoms with Crippen LogP contribution in [0.2, 0.25) is 0 Å². The molecule has 1 aromatic rings. The van der Waals surface area contributed by atoms with E-state index >= 15 is 0 Å². The topological polar surface area (TPSA) is 0 Å². The average Bonchev–Trinajstić information content (AvgIpc) is 2.46. The molecule has 0 amide bonds. The highest BCUT2D eigenvalue weighted by Crippen LogP contribution is 2.25. The van der Waals surface area contributed by atoms with Gasteiger partial charge in [0.05, 0.1) is 29.0 Å². The van der Waals surface area contributed by atoms with Crippen LogP contribution >= 0.6 is 69.6 Å². The highest BCUT2D eigenvalue weighted by Gasteiger charge is 2.21. The summed E-state index contributed by atoms with van der Waals surface area (Å²) < 4.78 is 0. The van der Waals surface area contributed by atoms with Crippen molar-refractivity contribution in [3.05, 3.63) is 35.4 Å². The van der Waals surface area contributed by atoms with Gasteiger partial charge in [0.25, 0.3) is 0 Å². The number of hydrogen-bond donors (Lipinski definition) is 0. The largest absolute Gasteiger partial charge is 0.124 e. The molecule has 0 aliphatic carbocycles. The summed E-state index contributed by atoms with van der Waals surface area (Å²) in [5, 5.41) is -0.212. The van der Waals surface area contributed by atoms with Crippen molar-refractivity contribution in [1.82, 2.24) is 0 Å². The summed E-state index contributed by atoms with van der Waals surface area (Å²) in [7, 11) is -1.18. The maximum absolute atomic E-state index is 6.19. The first-order chi connectivity index (χ1) is 10.2. The van der Waals surface area contributed by atoms with E-state index in [2.05, 4.69) is 38.1 Å². The van der Waals surface area contributed by atoms with Crippen LogP contribution in [0.1, 0.15) is 36.1 Å². The summed E-state index contributed by atoms with van der Waals surface area (Å²) in [6.45, 7) is 4.37. The first-order valence-electron chi connectivity index (χ1n) is 7.16. The number of hydrogen-bond acceptors (Lipinski definition) is 0. The van der Waals surface area contributed by atoms with Gasteiger partial charge in [0.1, 0.15) is 9.67 Å². The normalized spacial score (nSPS) is 18.6. The third kappa shape index (κ3) is 7.10. The van der Waals surface area contributed by atoms with Gasteiger partial charge in [-0.25, -0.2) is 0 Å². The van der Waals surface area contributed by atoms with E-state index in [4.69, 9.17) is 69.6 Å². The fourth-order valence-corrected chi connectivity index (χ4v) is 8.00. The van der Waals surface area contributed by atoms with Crippen molar-refractivity contribution in [1.29, 1.82) is 0 Å². The lowest BCUT2D eigenvalue weighted by Gasteiger charge is -2.19. The molecule has 0 aromatic heterocycles. The van der Waals surface area contributed by atoms with Crippen molar-refractivity contribution in [2.45, 2.75) is 44.6 Å². The van der Waals surface area contributed by atoms with E-state index in [9.17, 15) is 0 Å². The highest BCUT2D eigenvalue weighted by atomic mass is 35.5. The minimum Gasteiger partial charge on any atom is -0.124 e. The Hall–Kier alpha value is 1.39. The van der Waals surface area contributed by atoms with Gasteiger partial charge in [-0.2, -0.15) is 0 Å². The van der Waals surface area contributed by atoms with Crippen LogP contribution in [0.25, 0.3) is 0 Å². The molecule has 0 aliphatic rings. The van der Waals surface area contributed by atoms with Crippen LogP contribution in [0.4, 0.5) is 0 Å². The third-order valence-electron chi connectivity index (χ3n) is 3.78. The molecule has 0 fully saturated rings. The summed E-state index contributed by atoms with van der Waals surface area (Å²) in [4.78, 5) is -0.971. The van der Waals surface area contributed by atoms with Crippen LogP contribution in [-0.2, 0) is 0 Å². The van der Waals surface area contributed by atoms with E-state index in [0.717, 1.165) is 0 Å². The standard InChI is InChI=1S/C14H20Cl6Si2/c1-7(21-13(19)11(15)16)9-3-5-10(6-4-9)8(2)22-14(20)12(17)18/h3-8,11-14H,21-22H2,1-2H3. The molecule has 22 heavy (non-hydrogen) atoms. The van der Waals surface area contributed by atoms with E-state index in [1.165, 1.54) is 11.1 Å². The van der Waals surface area contributed by atoms with Crippen LogP contribution in [0.5, 0.6) is 0 Å². The zero-order chi connectivity index (χ0) is 16.9.